The molecule has 0 aliphatic carbocycles. The Labute approximate surface area is 173 Å². The Hall–Kier alpha value is -3.05. The maximum atomic E-state index is 13.2. The third-order valence-electron chi connectivity index (χ3n) is 5.35. The number of aromatic nitrogens is 1. The summed E-state index contributed by atoms with van der Waals surface area (Å²) in [4.78, 5) is 29.0. The van der Waals surface area contributed by atoms with E-state index in [1.165, 1.54) is 13.0 Å². The fourth-order valence-electron chi connectivity index (χ4n) is 4.01. The number of nitrogens with one attached hydrogen (secondary N) is 1. The normalized spacial score (nSPS) is 16.0. The lowest BCUT2D eigenvalue weighted by Gasteiger charge is -2.18. The van der Waals surface area contributed by atoms with Crippen LogP contribution in [0.4, 0.5) is 5.69 Å². The van der Waals surface area contributed by atoms with Crippen LogP contribution in [0.5, 0.6) is 5.75 Å². The molecule has 1 atom stereocenters. The number of hydrogen-bond acceptors (Lipinski definition) is 3. The number of ketones is 1. The molecule has 4 rings (SSSR count). The molecule has 2 heterocycles. The second-order valence-corrected chi connectivity index (χ2v) is 7.69. The van der Waals surface area contributed by atoms with Gasteiger partial charge in [0.25, 0.3) is 5.91 Å². The van der Waals surface area contributed by atoms with Gasteiger partial charge in [0.1, 0.15) is 11.4 Å². The lowest BCUT2D eigenvalue weighted by atomic mass is 9.92. The fraction of sp³-hybridized carbons (Fsp3) is 0.217. The quantitative estimate of drug-likeness (QED) is 0.482. The van der Waals surface area contributed by atoms with Crippen molar-refractivity contribution in [1.29, 1.82) is 0 Å². The first-order valence-corrected chi connectivity index (χ1v) is 9.94. The number of benzene rings is 2. The molecule has 148 valence electrons. The molecule has 0 radical (unpaired) electrons. The molecule has 0 spiro atoms. The highest BCUT2D eigenvalue weighted by Gasteiger charge is 2.35. The second kappa shape index (κ2) is 7.41. The van der Waals surface area contributed by atoms with E-state index in [4.69, 9.17) is 11.6 Å². The van der Waals surface area contributed by atoms with Crippen molar-refractivity contribution in [2.45, 2.75) is 19.8 Å². The first-order chi connectivity index (χ1) is 13.9. The Morgan fingerprint density at radius 2 is 2.14 bits per heavy atom. The molecule has 0 fully saturated rings. The lowest BCUT2D eigenvalue weighted by Crippen LogP contribution is -2.30. The fourth-order valence-corrected chi connectivity index (χ4v) is 4.26. The van der Waals surface area contributed by atoms with Gasteiger partial charge in [0.05, 0.1) is 5.69 Å². The van der Waals surface area contributed by atoms with Crippen molar-refractivity contribution in [3.05, 3.63) is 65.0 Å². The SMILES string of the molecule is CC(=O)C=Cc1c[nH]c(C(=O)N2CC(CCl)c3c2cc(O)c2cccc(C)c32)c1. The monoisotopic (exact) mass is 408 g/mol. The summed E-state index contributed by atoms with van der Waals surface area (Å²) in [7, 11) is 0. The van der Waals surface area contributed by atoms with Crippen molar-refractivity contribution in [1.82, 2.24) is 4.98 Å². The van der Waals surface area contributed by atoms with Crippen molar-refractivity contribution in [3.8, 4) is 5.75 Å². The first-order valence-electron chi connectivity index (χ1n) is 9.40. The number of rotatable bonds is 4. The molecular formula is C23H21ClN2O3. The van der Waals surface area contributed by atoms with Gasteiger partial charge >= 0.3 is 0 Å². The number of aryl methyl sites for hydroxylation is 1. The molecule has 29 heavy (non-hydrogen) atoms. The smallest absolute Gasteiger partial charge is 0.274 e. The Balaban J connectivity index is 1.79. The number of carbonyl (C=O) groups excluding carboxylic acids is 2. The number of alkyl halides is 1. The first kappa shape index (κ1) is 19.3. The summed E-state index contributed by atoms with van der Waals surface area (Å²) < 4.78 is 0. The summed E-state index contributed by atoms with van der Waals surface area (Å²) in [6, 6.07) is 9.15. The van der Waals surface area contributed by atoms with Gasteiger partial charge in [0, 0.05) is 36.0 Å². The zero-order valence-electron chi connectivity index (χ0n) is 16.2. The van der Waals surface area contributed by atoms with Crippen LogP contribution in [0.1, 0.15) is 40.0 Å². The number of aromatic amines is 1. The zero-order chi connectivity index (χ0) is 20.7. The van der Waals surface area contributed by atoms with Crippen LogP contribution in [0, 0.1) is 6.92 Å². The molecule has 0 saturated carbocycles. The second-order valence-electron chi connectivity index (χ2n) is 7.38. The maximum Gasteiger partial charge on any atom is 0.274 e. The van der Waals surface area contributed by atoms with Crippen LogP contribution in [0.15, 0.2) is 42.6 Å². The number of amides is 1. The van der Waals surface area contributed by atoms with Crippen molar-refractivity contribution in [2.24, 2.45) is 0 Å². The van der Waals surface area contributed by atoms with Crippen LogP contribution < -0.4 is 4.90 Å². The van der Waals surface area contributed by atoms with E-state index in [1.54, 1.807) is 29.3 Å². The minimum absolute atomic E-state index is 0.0214. The van der Waals surface area contributed by atoms with Crippen LogP contribution in [0.2, 0.25) is 0 Å². The van der Waals surface area contributed by atoms with Crippen molar-refractivity contribution in [3.63, 3.8) is 0 Å². The lowest BCUT2D eigenvalue weighted by molar-refractivity contribution is -0.112. The van der Waals surface area contributed by atoms with Crippen LogP contribution in [0.3, 0.4) is 0 Å². The van der Waals surface area contributed by atoms with Crippen molar-refractivity contribution in [2.75, 3.05) is 17.3 Å². The highest BCUT2D eigenvalue weighted by molar-refractivity contribution is 6.19. The number of aromatic hydroxyl groups is 1. The van der Waals surface area contributed by atoms with E-state index in [2.05, 4.69) is 4.98 Å². The standard InChI is InChI=1S/C23H21ClN2O3/c1-13-4-3-5-17-20(28)9-19-22(21(13)17)16(10-24)12-26(19)23(29)18-8-15(11-25-18)7-6-14(2)27/h3-9,11,16,25,28H,10,12H2,1-2H3. The molecule has 0 saturated heterocycles. The minimum atomic E-state index is -0.200. The molecule has 2 N–H and O–H groups in total. The Bertz CT molecular complexity index is 1160. The molecule has 0 bridgehead atoms. The van der Waals surface area contributed by atoms with Gasteiger partial charge < -0.3 is 15.0 Å². The predicted octanol–water partition coefficient (Wildman–Crippen LogP) is 4.77. The van der Waals surface area contributed by atoms with Gasteiger partial charge in [0.15, 0.2) is 5.78 Å². The number of carbonyl (C=O) groups is 2. The van der Waals surface area contributed by atoms with E-state index in [1.807, 2.05) is 25.1 Å². The summed E-state index contributed by atoms with van der Waals surface area (Å²) in [5.41, 5.74) is 3.89. The number of hydrogen-bond donors (Lipinski definition) is 2. The van der Waals surface area contributed by atoms with Crippen LogP contribution in [0.25, 0.3) is 16.8 Å². The largest absolute Gasteiger partial charge is 0.507 e. The molecule has 1 unspecified atom stereocenters. The topological polar surface area (TPSA) is 73.4 Å². The molecule has 6 heteroatoms. The van der Waals surface area contributed by atoms with Gasteiger partial charge in [-0.25, -0.2) is 0 Å². The molecular weight excluding hydrogens is 388 g/mol. The molecule has 1 aliphatic rings. The van der Waals surface area contributed by atoms with Gasteiger partial charge in [-0.1, -0.05) is 18.2 Å². The summed E-state index contributed by atoms with van der Waals surface area (Å²) in [5, 5.41) is 12.3. The van der Waals surface area contributed by atoms with Gasteiger partial charge in [-0.05, 0) is 54.1 Å². The molecule has 1 aromatic heterocycles. The van der Waals surface area contributed by atoms with E-state index in [9.17, 15) is 14.7 Å². The number of phenols is 1. The van der Waals surface area contributed by atoms with Crippen LogP contribution in [-0.2, 0) is 4.79 Å². The third kappa shape index (κ3) is 3.32. The third-order valence-corrected chi connectivity index (χ3v) is 5.72. The van der Waals surface area contributed by atoms with E-state index in [0.29, 0.717) is 23.8 Å². The van der Waals surface area contributed by atoms with E-state index < -0.39 is 0 Å². The molecule has 1 aliphatic heterocycles. The summed E-state index contributed by atoms with van der Waals surface area (Å²) >= 11 is 6.27. The predicted molar refractivity (Wildman–Crippen MR) is 116 cm³/mol. The number of halogens is 1. The van der Waals surface area contributed by atoms with Gasteiger partial charge in [0.2, 0.25) is 0 Å². The van der Waals surface area contributed by atoms with E-state index in [0.717, 1.165) is 27.5 Å². The van der Waals surface area contributed by atoms with Gasteiger partial charge in [-0.2, -0.15) is 0 Å². The van der Waals surface area contributed by atoms with Crippen molar-refractivity contribution < 1.29 is 14.7 Å². The highest BCUT2D eigenvalue weighted by atomic mass is 35.5. The number of fused-ring (bicyclic) bond motifs is 3. The number of allylic oxidation sites excluding steroid dienone is 1. The number of H-pyrrole nitrogens is 1. The minimum Gasteiger partial charge on any atom is -0.507 e. The number of nitrogens with zero attached hydrogens (tertiary/aromatic N) is 1. The zero-order valence-corrected chi connectivity index (χ0v) is 17.0. The Morgan fingerprint density at radius 3 is 2.86 bits per heavy atom. The summed E-state index contributed by atoms with van der Waals surface area (Å²) in [6.45, 7) is 3.92. The van der Waals surface area contributed by atoms with E-state index in [-0.39, 0.29) is 23.4 Å². The summed E-state index contributed by atoms with van der Waals surface area (Å²) in [6.07, 6.45) is 4.81. The Kier molecular flexibility index (Phi) is 4.92. The van der Waals surface area contributed by atoms with Crippen molar-refractivity contribution >= 4 is 45.8 Å². The average Bonchev–Trinajstić information content (AvgIpc) is 3.31. The summed E-state index contributed by atoms with van der Waals surface area (Å²) in [5.74, 6) is 0.241. The number of anilines is 1. The van der Waals surface area contributed by atoms with Gasteiger partial charge in [-0.3, -0.25) is 9.59 Å². The molecule has 3 aromatic rings. The van der Waals surface area contributed by atoms with E-state index >= 15 is 0 Å². The number of phenolic OH excluding ortho intramolecular Hbond substituents is 1. The molecule has 5 nitrogen and oxygen atoms in total. The Morgan fingerprint density at radius 1 is 1.34 bits per heavy atom. The van der Waals surface area contributed by atoms with Crippen LogP contribution >= 0.6 is 11.6 Å². The average molecular weight is 409 g/mol. The highest BCUT2D eigenvalue weighted by Crippen LogP contribution is 2.46. The maximum absolute atomic E-state index is 13.2. The van der Waals surface area contributed by atoms with Gasteiger partial charge in [-0.15, -0.1) is 11.6 Å². The molecule has 2 aromatic carbocycles. The molecule has 1 amide bonds. The van der Waals surface area contributed by atoms with Crippen LogP contribution in [-0.4, -0.2) is 34.2 Å².